The Labute approximate surface area is 225 Å². The highest BCUT2D eigenvalue weighted by Gasteiger charge is 2.33. The Kier molecular flexibility index (Phi) is 8.24. The minimum atomic E-state index is -4.55. The van der Waals surface area contributed by atoms with Crippen LogP contribution in [-0.4, -0.2) is 50.8 Å². The minimum Gasteiger partial charge on any atom is -0.466 e. The molecule has 0 unspecified atom stereocenters. The Hall–Kier alpha value is -3.93. The smallest absolute Gasteiger partial charge is 0.416 e. The lowest BCUT2D eigenvalue weighted by Crippen LogP contribution is -2.49. The van der Waals surface area contributed by atoms with Crippen molar-refractivity contribution in [3.8, 4) is 5.69 Å². The van der Waals surface area contributed by atoms with Crippen molar-refractivity contribution >= 4 is 23.5 Å². The number of amides is 1. The van der Waals surface area contributed by atoms with Gasteiger partial charge in [-0.05, 0) is 61.7 Å². The van der Waals surface area contributed by atoms with Gasteiger partial charge in [-0.3, -0.25) is 19.0 Å². The van der Waals surface area contributed by atoms with Gasteiger partial charge in [-0.15, -0.1) is 0 Å². The number of hydrogen-bond donors (Lipinski definition) is 0. The summed E-state index contributed by atoms with van der Waals surface area (Å²) < 4.78 is 45.6. The van der Waals surface area contributed by atoms with E-state index in [0.717, 1.165) is 33.5 Å². The van der Waals surface area contributed by atoms with Crippen LogP contribution in [-0.2, 0) is 22.3 Å². The lowest BCUT2D eigenvalue weighted by Gasteiger charge is -2.31. The van der Waals surface area contributed by atoms with Crippen molar-refractivity contribution in [1.29, 1.82) is 0 Å². The van der Waals surface area contributed by atoms with Crippen LogP contribution in [0.3, 0.4) is 0 Å². The molecular weight excluding hydrogens is 541 g/mol. The first kappa shape index (κ1) is 28.1. The van der Waals surface area contributed by atoms with Gasteiger partial charge >= 0.3 is 17.8 Å². The Morgan fingerprint density at radius 3 is 2.36 bits per heavy atom. The summed E-state index contributed by atoms with van der Waals surface area (Å²) in [6.45, 7) is 1.72. The number of rotatable bonds is 6. The van der Waals surface area contributed by atoms with E-state index in [0.29, 0.717) is 17.9 Å². The SMILES string of the molecule is CCOC(=O)[C@H]1CCCN(C(=O)c2nn(-c3ccc(Cl)cc3)c(=O)n(Cc3ccc(C(F)(F)F)cc3)c2=O)C1. The summed E-state index contributed by atoms with van der Waals surface area (Å²) in [6, 6.07) is 9.91. The van der Waals surface area contributed by atoms with Crippen LogP contribution < -0.4 is 11.2 Å². The zero-order valence-electron chi connectivity index (χ0n) is 20.8. The first-order valence-electron chi connectivity index (χ1n) is 12.1. The normalized spacial score (nSPS) is 15.7. The summed E-state index contributed by atoms with van der Waals surface area (Å²) in [7, 11) is 0. The lowest BCUT2D eigenvalue weighted by molar-refractivity contribution is -0.149. The fourth-order valence-corrected chi connectivity index (χ4v) is 4.41. The number of hydrogen-bond acceptors (Lipinski definition) is 6. The van der Waals surface area contributed by atoms with Crippen LogP contribution >= 0.6 is 11.6 Å². The van der Waals surface area contributed by atoms with Crippen LogP contribution in [0.15, 0.2) is 58.1 Å². The van der Waals surface area contributed by atoms with Gasteiger partial charge in [0.05, 0.1) is 30.3 Å². The number of nitrogens with zero attached hydrogens (tertiary/aromatic N) is 4. The Bertz CT molecular complexity index is 1480. The molecule has 1 atom stereocenters. The number of halogens is 4. The van der Waals surface area contributed by atoms with Gasteiger partial charge in [0.25, 0.3) is 11.5 Å². The second-order valence-electron chi connectivity index (χ2n) is 8.95. The first-order chi connectivity index (χ1) is 18.5. The molecule has 0 N–H and O–H groups in total. The van der Waals surface area contributed by atoms with Gasteiger partial charge < -0.3 is 9.64 Å². The van der Waals surface area contributed by atoms with Crippen molar-refractivity contribution in [2.75, 3.05) is 19.7 Å². The second kappa shape index (κ2) is 11.4. The van der Waals surface area contributed by atoms with Crippen molar-refractivity contribution < 1.29 is 27.5 Å². The van der Waals surface area contributed by atoms with Crippen LogP contribution in [0.5, 0.6) is 0 Å². The quantitative estimate of drug-likeness (QED) is 0.424. The van der Waals surface area contributed by atoms with E-state index in [1.54, 1.807) is 6.92 Å². The highest BCUT2D eigenvalue weighted by molar-refractivity contribution is 6.30. The molecule has 9 nitrogen and oxygen atoms in total. The van der Waals surface area contributed by atoms with Gasteiger partial charge in [0.2, 0.25) is 5.69 Å². The predicted molar refractivity (Wildman–Crippen MR) is 135 cm³/mol. The summed E-state index contributed by atoms with van der Waals surface area (Å²) in [6.07, 6.45) is -3.55. The van der Waals surface area contributed by atoms with Crippen molar-refractivity contribution in [2.45, 2.75) is 32.5 Å². The molecule has 1 aromatic heterocycles. The van der Waals surface area contributed by atoms with Gasteiger partial charge in [-0.25, -0.2) is 4.79 Å². The standard InChI is InChI=1S/C26H24ClF3N4O5/c1-2-39-24(37)17-4-3-13-32(15-17)22(35)21-23(36)33(14-16-5-7-18(8-6-16)26(28,29)30)25(38)34(31-21)20-11-9-19(27)10-12-20/h5-12,17H,2-4,13-15H2,1H3/t17-/m0/s1. The topological polar surface area (TPSA) is 104 Å². The Balaban J connectivity index is 1.77. The number of aromatic nitrogens is 3. The summed E-state index contributed by atoms with van der Waals surface area (Å²) in [5.74, 6) is -1.80. The summed E-state index contributed by atoms with van der Waals surface area (Å²) >= 11 is 5.95. The minimum absolute atomic E-state index is 0.0117. The van der Waals surface area contributed by atoms with E-state index >= 15 is 0 Å². The Morgan fingerprint density at radius 1 is 1.08 bits per heavy atom. The molecule has 4 rings (SSSR count). The molecule has 0 aliphatic carbocycles. The average molecular weight is 565 g/mol. The molecule has 1 aliphatic heterocycles. The van der Waals surface area contributed by atoms with E-state index in [1.807, 2.05) is 0 Å². The van der Waals surface area contributed by atoms with Gasteiger partial charge in [-0.1, -0.05) is 23.7 Å². The molecule has 1 amide bonds. The highest BCUT2D eigenvalue weighted by atomic mass is 35.5. The van der Waals surface area contributed by atoms with E-state index in [2.05, 4.69) is 5.10 Å². The number of carbonyl (C=O) groups is 2. The molecule has 2 heterocycles. The van der Waals surface area contributed by atoms with Gasteiger partial charge in [0, 0.05) is 18.1 Å². The van der Waals surface area contributed by atoms with Crippen molar-refractivity contribution in [1.82, 2.24) is 19.2 Å². The van der Waals surface area contributed by atoms with E-state index in [4.69, 9.17) is 16.3 Å². The summed E-state index contributed by atoms with van der Waals surface area (Å²) in [4.78, 5) is 53.8. The molecule has 13 heteroatoms. The molecule has 3 aromatic rings. The highest BCUT2D eigenvalue weighted by Crippen LogP contribution is 2.29. The third-order valence-electron chi connectivity index (χ3n) is 6.28. The molecule has 206 valence electrons. The molecule has 2 aromatic carbocycles. The predicted octanol–water partition coefficient (Wildman–Crippen LogP) is 3.53. The maximum atomic E-state index is 13.5. The van der Waals surface area contributed by atoms with Crippen LogP contribution in [0, 0.1) is 5.92 Å². The number of alkyl halides is 3. The van der Waals surface area contributed by atoms with Crippen molar-refractivity contribution in [3.05, 3.63) is 91.2 Å². The number of carbonyl (C=O) groups excluding carboxylic acids is 2. The molecular formula is C26H24ClF3N4O5. The number of benzene rings is 2. The summed E-state index contributed by atoms with van der Waals surface area (Å²) in [5.41, 5.74) is -2.92. The monoisotopic (exact) mass is 564 g/mol. The zero-order chi connectivity index (χ0) is 28.3. The largest absolute Gasteiger partial charge is 0.466 e. The third-order valence-corrected chi connectivity index (χ3v) is 6.54. The lowest BCUT2D eigenvalue weighted by atomic mass is 9.98. The van der Waals surface area contributed by atoms with Gasteiger partial charge in [0.1, 0.15) is 0 Å². The molecule has 1 fully saturated rings. The molecule has 0 spiro atoms. The van der Waals surface area contributed by atoms with Crippen LogP contribution in [0.2, 0.25) is 5.02 Å². The second-order valence-corrected chi connectivity index (χ2v) is 9.38. The summed E-state index contributed by atoms with van der Waals surface area (Å²) in [5, 5.41) is 4.45. The van der Waals surface area contributed by atoms with E-state index in [9.17, 15) is 32.3 Å². The molecule has 39 heavy (non-hydrogen) atoms. The van der Waals surface area contributed by atoms with Gasteiger partial charge in [0.15, 0.2) is 0 Å². The molecule has 0 bridgehead atoms. The molecule has 1 aliphatic rings. The average Bonchev–Trinajstić information content (AvgIpc) is 2.91. The van der Waals surface area contributed by atoms with Crippen molar-refractivity contribution in [2.24, 2.45) is 5.92 Å². The van der Waals surface area contributed by atoms with Crippen LogP contribution in [0.25, 0.3) is 5.69 Å². The molecule has 0 saturated carbocycles. The number of ether oxygens (including phenoxy) is 1. The molecule has 1 saturated heterocycles. The van der Waals surface area contributed by atoms with E-state index < -0.39 is 53.0 Å². The third kappa shape index (κ3) is 6.22. The molecule has 0 radical (unpaired) electrons. The number of likely N-dealkylation sites (tertiary alicyclic amines) is 1. The number of piperidine rings is 1. The van der Waals surface area contributed by atoms with Crippen LogP contribution in [0.1, 0.15) is 41.4 Å². The number of esters is 1. The van der Waals surface area contributed by atoms with Crippen LogP contribution in [0.4, 0.5) is 13.2 Å². The van der Waals surface area contributed by atoms with E-state index in [1.165, 1.54) is 29.2 Å². The van der Waals surface area contributed by atoms with Gasteiger partial charge in [-0.2, -0.15) is 23.0 Å². The maximum Gasteiger partial charge on any atom is 0.416 e. The fourth-order valence-electron chi connectivity index (χ4n) is 4.28. The zero-order valence-corrected chi connectivity index (χ0v) is 21.5. The Morgan fingerprint density at radius 2 is 1.74 bits per heavy atom. The maximum absolute atomic E-state index is 13.5. The van der Waals surface area contributed by atoms with Crippen molar-refractivity contribution in [3.63, 3.8) is 0 Å². The fraction of sp³-hybridized carbons (Fsp3) is 0.346. The first-order valence-corrected chi connectivity index (χ1v) is 12.5. The van der Waals surface area contributed by atoms with E-state index in [-0.39, 0.29) is 30.9 Å².